The second-order valence-corrected chi connectivity index (χ2v) is 8.05. The maximum Gasteiger partial charge on any atom is 0.254 e. The largest absolute Gasteiger partial charge is 0.467 e. The fourth-order valence-corrected chi connectivity index (χ4v) is 3.36. The van der Waals surface area contributed by atoms with Gasteiger partial charge in [0.1, 0.15) is 23.9 Å². The molecular formula is C25H26F2N2O3. The Morgan fingerprint density at radius 2 is 1.66 bits per heavy atom. The summed E-state index contributed by atoms with van der Waals surface area (Å²) >= 11 is 0. The minimum Gasteiger partial charge on any atom is -0.467 e. The summed E-state index contributed by atoms with van der Waals surface area (Å²) in [5.41, 5.74) is 0.938. The molecule has 0 aliphatic carbocycles. The molecule has 0 aliphatic rings. The molecule has 0 saturated carbocycles. The van der Waals surface area contributed by atoms with Crippen LogP contribution in [-0.2, 0) is 17.9 Å². The number of amides is 2. The Hall–Kier alpha value is -3.48. The van der Waals surface area contributed by atoms with Gasteiger partial charge in [-0.25, -0.2) is 8.78 Å². The molecule has 168 valence electrons. The molecule has 0 radical (unpaired) electrons. The van der Waals surface area contributed by atoms with Crippen LogP contribution in [0, 0.1) is 17.6 Å². The topological polar surface area (TPSA) is 53.8 Å². The highest BCUT2D eigenvalue weighted by Crippen LogP contribution is 2.15. The molecule has 0 bridgehead atoms. The third-order valence-electron chi connectivity index (χ3n) is 4.84. The Labute approximate surface area is 186 Å². The smallest absolute Gasteiger partial charge is 0.254 e. The first kappa shape index (κ1) is 23.2. The summed E-state index contributed by atoms with van der Waals surface area (Å²) in [5, 5.41) is 0. The molecular weight excluding hydrogens is 414 g/mol. The van der Waals surface area contributed by atoms with E-state index in [1.54, 1.807) is 29.2 Å². The number of hydrogen-bond donors (Lipinski definition) is 0. The molecule has 0 fully saturated rings. The van der Waals surface area contributed by atoms with Crippen LogP contribution in [0.3, 0.4) is 0 Å². The molecule has 2 aromatic carbocycles. The van der Waals surface area contributed by atoms with Crippen LogP contribution < -0.4 is 0 Å². The van der Waals surface area contributed by atoms with Gasteiger partial charge in [-0.2, -0.15) is 0 Å². The Morgan fingerprint density at radius 1 is 0.906 bits per heavy atom. The minimum absolute atomic E-state index is 0.107. The van der Waals surface area contributed by atoms with Crippen LogP contribution >= 0.6 is 0 Å². The lowest BCUT2D eigenvalue weighted by Gasteiger charge is -2.28. The Kier molecular flexibility index (Phi) is 7.76. The SMILES string of the molecule is CC(C)CN(CC(=O)N(Cc1ccc(F)cc1)Cc1ccco1)C(=O)c1cccc(F)c1. The van der Waals surface area contributed by atoms with E-state index in [4.69, 9.17) is 4.42 Å². The maximum absolute atomic E-state index is 13.6. The van der Waals surface area contributed by atoms with Gasteiger partial charge < -0.3 is 14.2 Å². The zero-order valence-electron chi connectivity index (χ0n) is 18.1. The lowest BCUT2D eigenvalue weighted by molar-refractivity contribution is -0.133. The fraction of sp³-hybridized carbons (Fsp3) is 0.280. The number of furan rings is 1. The molecule has 0 aliphatic heterocycles. The van der Waals surface area contributed by atoms with Crippen LogP contribution in [-0.4, -0.2) is 34.7 Å². The number of hydrogen-bond acceptors (Lipinski definition) is 3. The van der Waals surface area contributed by atoms with Crippen molar-refractivity contribution in [1.29, 1.82) is 0 Å². The Bertz CT molecular complexity index is 1030. The Balaban J connectivity index is 1.81. The van der Waals surface area contributed by atoms with Gasteiger partial charge in [-0.3, -0.25) is 9.59 Å². The Morgan fingerprint density at radius 3 is 2.28 bits per heavy atom. The van der Waals surface area contributed by atoms with E-state index in [2.05, 4.69) is 0 Å². The first-order valence-electron chi connectivity index (χ1n) is 10.4. The van der Waals surface area contributed by atoms with Crippen LogP contribution in [0.1, 0.15) is 35.5 Å². The monoisotopic (exact) mass is 440 g/mol. The number of benzene rings is 2. The lowest BCUT2D eigenvalue weighted by Crippen LogP contribution is -2.43. The summed E-state index contributed by atoms with van der Waals surface area (Å²) in [4.78, 5) is 29.3. The molecule has 2 amide bonds. The number of carbonyl (C=O) groups is 2. The highest BCUT2D eigenvalue weighted by Gasteiger charge is 2.24. The highest BCUT2D eigenvalue weighted by molar-refractivity contribution is 5.96. The summed E-state index contributed by atoms with van der Waals surface area (Å²) in [6, 6.07) is 14.8. The van der Waals surface area contributed by atoms with Gasteiger partial charge in [-0.1, -0.05) is 32.0 Å². The van der Waals surface area contributed by atoms with Gasteiger partial charge in [-0.15, -0.1) is 0 Å². The van der Waals surface area contributed by atoms with E-state index in [1.165, 1.54) is 47.6 Å². The van der Waals surface area contributed by atoms with Crippen molar-refractivity contribution in [3.05, 3.63) is 95.4 Å². The van der Waals surface area contributed by atoms with Crippen molar-refractivity contribution >= 4 is 11.8 Å². The predicted octanol–water partition coefficient (Wildman–Crippen LogP) is 4.89. The van der Waals surface area contributed by atoms with Crippen molar-refractivity contribution in [2.24, 2.45) is 5.92 Å². The molecule has 0 spiro atoms. The molecule has 32 heavy (non-hydrogen) atoms. The third kappa shape index (κ3) is 6.51. The van der Waals surface area contributed by atoms with E-state index in [0.29, 0.717) is 12.3 Å². The summed E-state index contributed by atoms with van der Waals surface area (Å²) in [7, 11) is 0. The quantitative estimate of drug-likeness (QED) is 0.476. The van der Waals surface area contributed by atoms with E-state index in [0.717, 1.165) is 5.56 Å². The van der Waals surface area contributed by atoms with Crippen molar-refractivity contribution in [1.82, 2.24) is 9.80 Å². The third-order valence-corrected chi connectivity index (χ3v) is 4.84. The zero-order valence-corrected chi connectivity index (χ0v) is 18.1. The molecule has 0 N–H and O–H groups in total. The van der Waals surface area contributed by atoms with Gasteiger partial charge in [0, 0.05) is 18.7 Å². The molecule has 1 heterocycles. The van der Waals surface area contributed by atoms with Crippen LogP contribution in [0.25, 0.3) is 0 Å². The fourth-order valence-electron chi connectivity index (χ4n) is 3.36. The lowest BCUT2D eigenvalue weighted by atomic mass is 10.1. The second-order valence-electron chi connectivity index (χ2n) is 8.05. The summed E-state index contributed by atoms with van der Waals surface area (Å²) < 4.78 is 32.3. The van der Waals surface area contributed by atoms with Gasteiger partial charge in [0.15, 0.2) is 0 Å². The van der Waals surface area contributed by atoms with Crippen molar-refractivity contribution in [2.75, 3.05) is 13.1 Å². The number of nitrogens with zero attached hydrogens (tertiary/aromatic N) is 2. The van der Waals surface area contributed by atoms with E-state index < -0.39 is 11.7 Å². The average molecular weight is 440 g/mol. The van der Waals surface area contributed by atoms with Crippen LogP contribution in [0.15, 0.2) is 71.3 Å². The molecule has 0 atom stereocenters. The van der Waals surface area contributed by atoms with Gasteiger partial charge in [-0.05, 0) is 53.9 Å². The minimum atomic E-state index is -0.512. The molecule has 3 rings (SSSR count). The van der Waals surface area contributed by atoms with Gasteiger partial charge in [0.2, 0.25) is 5.91 Å². The molecule has 0 unspecified atom stereocenters. The highest BCUT2D eigenvalue weighted by atomic mass is 19.1. The summed E-state index contributed by atoms with van der Waals surface area (Å²) in [6.45, 7) is 4.48. The predicted molar refractivity (Wildman–Crippen MR) is 117 cm³/mol. The number of carbonyl (C=O) groups excluding carboxylic acids is 2. The van der Waals surface area contributed by atoms with E-state index in [9.17, 15) is 18.4 Å². The summed E-state index contributed by atoms with van der Waals surface area (Å²) in [5.74, 6) is -0.880. The van der Waals surface area contributed by atoms with E-state index in [-0.39, 0.29) is 42.8 Å². The van der Waals surface area contributed by atoms with Gasteiger partial charge in [0.05, 0.1) is 12.8 Å². The van der Waals surface area contributed by atoms with E-state index in [1.807, 2.05) is 13.8 Å². The number of halogens is 2. The normalized spacial score (nSPS) is 10.9. The van der Waals surface area contributed by atoms with Crippen molar-refractivity contribution in [2.45, 2.75) is 26.9 Å². The maximum atomic E-state index is 13.6. The molecule has 1 aromatic heterocycles. The van der Waals surface area contributed by atoms with Crippen molar-refractivity contribution in [3.63, 3.8) is 0 Å². The van der Waals surface area contributed by atoms with Crippen LogP contribution in [0.5, 0.6) is 0 Å². The number of rotatable bonds is 9. The molecule has 5 nitrogen and oxygen atoms in total. The first-order chi connectivity index (χ1) is 15.3. The molecule has 3 aromatic rings. The first-order valence-corrected chi connectivity index (χ1v) is 10.4. The van der Waals surface area contributed by atoms with Crippen molar-refractivity contribution < 1.29 is 22.8 Å². The molecule has 0 saturated heterocycles. The van der Waals surface area contributed by atoms with Crippen LogP contribution in [0.4, 0.5) is 8.78 Å². The van der Waals surface area contributed by atoms with Gasteiger partial charge in [0.25, 0.3) is 5.91 Å². The summed E-state index contributed by atoms with van der Waals surface area (Å²) in [6.07, 6.45) is 1.52. The average Bonchev–Trinajstić information content (AvgIpc) is 3.26. The standard InChI is InChI=1S/C25H26F2N2O3/c1-18(2)14-29(25(31)20-5-3-6-22(27)13-20)17-24(30)28(16-23-7-4-12-32-23)15-19-8-10-21(26)11-9-19/h3-13,18H,14-17H2,1-2H3. The second kappa shape index (κ2) is 10.7. The van der Waals surface area contributed by atoms with Gasteiger partial charge >= 0.3 is 0 Å². The molecule has 7 heteroatoms. The van der Waals surface area contributed by atoms with E-state index >= 15 is 0 Å². The van der Waals surface area contributed by atoms with Crippen molar-refractivity contribution in [3.8, 4) is 0 Å². The van der Waals surface area contributed by atoms with Crippen LogP contribution in [0.2, 0.25) is 0 Å². The zero-order chi connectivity index (χ0) is 23.1.